The van der Waals surface area contributed by atoms with Gasteiger partial charge in [-0.25, -0.2) is 23.3 Å². The molecule has 2 heterocycles. The zero-order chi connectivity index (χ0) is 36.8. The lowest BCUT2D eigenvalue weighted by molar-refractivity contribution is 0.102. The quantitative estimate of drug-likeness (QED) is 0.0889. The zero-order valence-corrected chi connectivity index (χ0v) is 28.3. The minimum atomic E-state index is -4.92. The highest BCUT2D eigenvalue weighted by Gasteiger charge is 2.20. The molecule has 0 aliphatic carbocycles. The number of pyridine rings is 2. The molecule has 0 saturated heterocycles. The Bertz CT molecular complexity index is 2350. The van der Waals surface area contributed by atoms with Crippen LogP contribution in [0.3, 0.4) is 0 Å². The third-order valence-corrected chi connectivity index (χ3v) is 8.22. The van der Waals surface area contributed by atoms with Gasteiger partial charge in [0.05, 0.1) is 5.71 Å². The summed E-state index contributed by atoms with van der Waals surface area (Å²) in [7, 11) is -4.92. The van der Waals surface area contributed by atoms with Crippen LogP contribution in [0.5, 0.6) is 11.5 Å². The Labute approximate surface area is 299 Å². The van der Waals surface area contributed by atoms with E-state index in [1.807, 2.05) is 60.7 Å². The number of carbonyl (C=O) groups is 1. The zero-order valence-electron chi connectivity index (χ0n) is 26.7. The molecule has 0 spiro atoms. The Morgan fingerprint density at radius 3 is 2.15 bits per heavy atom. The molecular formula is C37H26ClF2N4O7P. The summed E-state index contributed by atoms with van der Waals surface area (Å²) in [6.45, 7) is -0.732. The van der Waals surface area contributed by atoms with E-state index in [4.69, 9.17) is 31.1 Å². The van der Waals surface area contributed by atoms with Crippen molar-refractivity contribution in [3.63, 3.8) is 0 Å². The lowest BCUT2D eigenvalue weighted by Crippen LogP contribution is -2.25. The van der Waals surface area contributed by atoms with Crippen molar-refractivity contribution in [2.75, 3.05) is 5.32 Å². The fourth-order valence-corrected chi connectivity index (χ4v) is 5.47. The van der Waals surface area contributed by atoms with Gasteiger partial charge in [-0.3, -0.25) is 14.1 Å². The van der Waals surface area contributed by atoms with Gasteiger partial charge in [-0.05, 0) is 29.8 Å². The SMILES string of the molecule is O=C(Nc1ccc(Oc2ccnc(N=C(c3ccccc3)c3ccccc3)c2Cl)c(F)c1)c1cn(COP(=O)(O)O)cc(-c2ccc(F)cc2)c1=O. The van der Waals surface area contributed by atoms with Crippen LogP contribution in [0.15, 0.2) is 138 Å². The molecule has 2 aromatic heterocycles. The minimum absolute atomic E-state index is 0.0173. The van der Waals surface area contributed by atoms with Gasteiger partial charge < -0.3 is 24.4 Å². The molecule has 52 heavy (non-hydrogen) atoms. The lowest BCUT2D eigenvalue weighted by atomic mass is 10.0. The molecule has 6 rings (SSSR count). The molecule has 11 nitrogen and oxygen atoms in total. The number of halogens is 3. The highest BCUT2D eigenvalue weighted by molar-refractivity contribution is 7.46. The molecule has 0 aliphatic rings. The van der Waals surface area contributed by atoms with Crippen LogP contribution in [0.1, 0.15) is 21.5 Å². The van der Waals surface area contributed by atoms with Crippen LogP contribution in [0.4, 0.5) is 20.3 Å². The smallest absolute Gasteiger partial charge is 0.453 e. The summed E-state index contributed by atoms with van der Waals surface area (Å²) in [5.41, 5.74) is 1.05. The number of ether oxygens (including phenoxy) is 1. The molecule has 1 amide bonds. The molecule has 262 valence electrons. The van der Waals surface area contributed by atoms with Crippen molar-refractivity contribution in [2.45, 2.75) is 6.73 Å². The predicted molar refractivity (Wildman–Crippen MR) is 191 cm³/mol. The Kier molecular flexibility index (Phi) is 10.8. The van der Waals surface area contributed by atoms with Crippen LogP contribution in [0.25, 0.3) is 11.1 Å². The van der Waals surface area contributed by atoms with Crippen molar-refractivity contribution in [1.29, 1.82) is 0 Å². The Morgan fingerprint density at radius 2 is 1.54 bits per heavy atom. The summed E-state index contributed by atoms with van der Waals surface area (Å²) in [5.74, 6) is -2.50. The van der Waals surface area contributed by atoms with E-state index in [0.717, 1.165) is 40.1 Å². The second-order valence-electron chi connectivity index (χ2n) is 11.0. The number of phosphoric acid groups is 1. The van der Waals surface area contributed by atoms with E-state index in [1.54, 1.807) is 0 Å². The fraction of sp³-hybridized carbons (Fsp3) is 0.0270. The molecule has 0 atom stereocenters. The summed E-state index contributed by atoms with van der Waals surface area (Å²) in [4.78, 5) is 54.0. The van der Waals surface area contributed by atoms with Gasteiger partial charge in [0.2, 0.25) is 5.43 Å². The van der Waals surface area contributed by atoms with Gasteiger partial charge >= 0.3 is 7.82 Å². The van der Waals surface area contributed by atoms with Crippen molar-refractivity contribution in [3.05, 3.63) is 171 Å². The third-order valence-electron chi connectivity index (χ3n) is 7.41. The van der Waals surface area contributed by atoms with Crippen molar-refractivity contribution >= 4 is 42.5 Å². The number of phosphoric ester groups is 1. The summed E-state index contributed by atoms with van der Waals surface area (Å²) in [6, 6.07) is 28.6. The van der Waals surface area contributed by atoms with E-state index in [2.05, 4.69) is 14.8 Å². The van der Waals surface area contributed by atoms with Crippen LogP contribution >= 0.6 is 19.4 Å². The Balaban J connectivity index is 1.26. The summed E-state index contributed by atoms with van der Waals surface area (Å²) in [6.07, 6.45) is 3.62. The van der Waals surface area contributed by atoms with Crippen molar-refractivity contribution in [2.24, 2.45) is 4.99 Å². The maximum Gasteiger partial charge on any atom is 0.471 e. The summed E-state index contributed by atoms with van der Waals surface area (Å²) in [5, 5.41) is 2.45. The van der Waals surface area contributed by atoms with Gasteiger partial charge in [-0.15, -0.1) is 0 Å². The van der Waals surface area contributed by atoms with Gasteiger partial charge in [0.15, 0.2) is 23.1 Å². The van der Waals surface area contributed by atoms with Gasteiger partial charge in [0.1, 0.15) is 23.1 Å². The van der Waals surface area contributed by atoms with Crippen LogP contribution in [0, 0.1) is 11.6 Å². The summed E-state index contributed by atoms with van der Waals surface area (Å²) >= 11 is 6.66. The average molecular weight is 743 g/mol. The molecule has 0 saturated carbocycles. The number of hydrogen-bond acceptors (Lipinski definition) is 7. The molecule has 6 aromatic rings. The minimum Gasteiger partial charge on any atom is -0.453 e. The van der Waals surface area contributed by atoms with Crippen LogP contribution in [-0.4, -0.2) is 31.0 Å². The monoisotopic (exact) mass is 742 g/mol. The molecule has 15 heteroatoms. The molecule has 0 fully saturated rings. The van der Waals surface area contributed by atoms with E-state index in [1.165, 1.54) is 42.7 Å². The topological polar surface area (TPSA) is 152 Å². The highest BCUT2D eigenvalue weighted by atomic mass is 35.5. The number of carbonyl (C=O) groups excluding carboxylic acids is 1. The molecule has 4 aromatic carbocycles. The van der Waals surface area contributed by atoms with Crippen molar-refractivity contribution in [1.82, 2.24) is 9.55 Å². The van der Waals surface area contributed by atoms with Gasteiger partial charge in [-0.2, -0.15) is 0 Å². The van der Waals surface area contributed by atoms with Crippen molar-refractivity contribution < 1.29 is 37.2 Å². The van der Waals surface area contributed by atoms with Crippen LogP contribution < -0.4 is 15.5 Å². The first kappa shape index (κ1) is 36.0. The molecule has 0 aliphatic heterocycles. The number of hydrogen-bond donors (Lipinski definition) is 3. The predicted octanol–water partition coefficient (Wildman–Crippen LogP) is 8.12. The molecule has 0 unspecified atom stereocenters. The van der Waals surface area contributed by atoms with Crippen LogP contribution in [0.2, 0.25) is 5.02 Å². The van der Waals surface area contributed by atoms with E-state index in [-0.39, 0.29) is 39.2 Å². The second-order valence-corrected chi connectivity index (χ2v) is 12.6. The molecular weight excluding hydrogens is 717 g/mol. The third kappa shape index (κ3) is 8.72. The van der Waals surface area contributed by atoms with E-state index in [9.17, 15) is 18.5 Å². The number of aliphatic imine (C=N–C) groups is 1. The largest absolute Gasteiger partial charge is 0.471 e. The molecule has 3 N–H and O–H groups in total. The first-order valence-corrected chi connectivity index (χ1v) is 17.2. The average Bonchev–Trinajstić information content (AvgIpc) is 3.13. The molecule has 0 radical (unpaired) electrons. The van der Waals surface area contributed by atoms with Gasteiger partial charge in [0, 0.05) is 53.1 Å². The van der Waals surface area contributed by atoms with Crippen molar-refractivity contribution in [3.8, 4) is 22.6 Å². The Morgan fingerprint density at radius 1 is 0.885 bits per heavy atom. The number of anilines is 1. The first-order valence-electron chi connectivity index (χ1n) is 15.3. The van der Waals surface area contributed by atoms with Gasteiger partial charge in [0.25, 0.3) is 5.91 Å². The number of amides is 1. The second kappa shape index (κ2) is 15.6. The standard InChI is InChI=1S/C37H26ClF2N4O7P/c38-33-32(17-18-41-36(33)43-34(24-7-3-1-4-8-24)25-9-5-2-6-10-25)51-31-16-15-27(19-30(31)40)42-37(46)29-21-44(22-50-52(47,48)49)20-28(35(29)45)23-11-13-26(39)14-12-23/h1-21H,22H2,(H,42,46)(H2,47,48,49). The number of nitrogens with zero attached hydrogens (tertiary/aromatic N) is 3. The fourth-order valence-electron chi connectivity index (χ4n) is 4.99. The number of benzene rings is 4. The Hall–Kier alpha value is -5.82. The van der Waals surface area contributed by atoms with E-state index < -0.39 is 43.1 Å². The van der Waals surface area contributed by atoms with Gasteiger partial charge in [-0.1, -0.05) is 84.4 Å². The number of nitrogens with one attached hydrogen (secondary N) is 1. The normalized spacial score (nSPS) is 11.2. The van der Waals surface area contributed by atoms with Crippen LogP contribution in [-0.2, 0) is 15.8 Å². The van der Waals surface area contributed by atoms with E-state index in [0.29, 0.717) is 5.71 Å². The molecule has 0 bridgehead atoms. The summed E-state index contributed by atoms with van der Waals surface area (Å²) < 4.78 is 51.6. The maximum atomic E-state index is 15.4. The maximum absolute atomic E-state index is 15.4. The van der Waals surface area contributed by atoms with E-state index >= 15 is 4.39 Å². The first-order chi connectivity index (χ1) is 24.9. The number of aromatic nitrogens is 2. The lowest BCUT2D eigenvalue weighted by Gasteiger charge is -2.14. The number of rotatable bonds is 11. The highest BCUT2D eigenvalue weighted by Crippen LogP contribution is 2.38.